The number of thiophene rings is 1. The van der Waals surface area contributed by atoms with Crippen LogP contribution in [-0.4, -0.2) is 22.0 Å². The van der Waals surface area contributed by atoms with Crippen LogP contribution in [0.4, 0.5) is 14.5 Å². The Morgan fingerprint density at radius 3 is 2.77 bits per heavy atom. The van der Waals surface area contributed by atoms with E-state index < -0.39 is 16.6 Å². The monoisotopic (exact) mass is 460 g/mol. The Labute approximate surface area is 181 Å². The first-order valence-corrected chi connectivity index (χ1v) is 10.4. The third-order valence-electron chi connectivity index (χ3n) is 3.88. The number of hydrogen-bond donors (Lipinski definition) is 0. The van der Waals surface area contributed by atoms with Crippen LogP contribution in [0.25, 0.3) is 10.2 Å². The van der Waals surface area contributed by atoms with Gasteiger partial charge in [-0.15, -0.1) is 0 Å². The maximum absolute atomic E-state index is 13.6. The number of hydrogen-bond acceptors (Lipinski definition) is 7. The molecule has 0 aliphatic rings. The topological polar surface area (TPSA) is 88.7 Å². The molecule has 2 aromatic carbocycles. The van der Waals surface area contributed by atoms with Crippen molar-refractivity contribution in [2.24, 2.45) is 5.10 Å². The van der Waals surface area contributed by atoms with Gasteiger partial charge in [-0.1, -0.05) is 40.3 Å². The first kappa shape index (κ1) is 20.1. The van der Waals surface area contributed by atoms with Crippen molar-refractivity contribution in [2.45, 2.75) is 0 Å². The molecular weight excluding hydrogens is 451 g/mol. The summed E-state index contributed by atoms with van der Waals surface area (Å²) >= 11 is 8.02. The van der Waals surface area contributed by atoms with Crippen LogP contribution in [0.3, 0.4) is 0 Å². The predicted molar refractivity (Wildman–Crippen MR) is 116 cm³/mol. The molecule has 0 N–H and O–H groups in total. The molecule has 7 nitrogen and oxygen atoms in total. The highest BCUT2D eigenvalue weighted by Gasteiger charge is 2.22. The van der Waals surface area contributed by atoms with Crippen molar-refractivity contribution in [3.8, 4) is 0 Å². The first-order chi connectivity index (χ1) is 14.4. The number of benzene rings is 2. The number of nitrogens with zero attached hydrogens (tertiary/aromatic N) is 4. The zero-order chi connectivity index (χ0) is 21.3. The first-order valence-electron chi connectivity index (χ1n) is 8.35. The summed E-state index contributed by atoms with van der Waals surface area (Å²) in [6.45, 7) is 0. The lowest BCUT2D eigenvalue weighted by atomic mass is 10.2. The minimum absolute atomic E-state index is 0.0420. The number of carbonyl (C=O) groups excluding carboxylic acids is 1. The normalized spacial score (nSPS) is 11.3. The summed E-state index contributed by atoms with van der Waals surface area (Å²) in [4.78, 5) is 28.4. The molecule has 0 saturated carbocycles. The van der Waals surface area contributed by atoms with E-state index in [-0.39, 0.29) is 15.7 Å². The van der Waals surface area contributed by atoms with Gasteiger partial charge in [0.15, 0.2) is 0 Å². The molecule has 0 spiro atoms. The molecule has 2 heterocycles. The third kappa shape index (κ3) is 4.20. The molecule has 4 rings (SSSR count). The van der Waals surface area contributed by atoms with E-state index in [1.807, 2.05) is 0 Å². The van der Waals surface area contributed by atoms with Gasteiger partial charge in [0, 0.05) is 16.7 Å². The van der Waals surface area contributed by atoms with Gasteiger partial charge >= 0.3 is 5.00 Å². The van der Waals surface area contributed by atoms with E-state index in [0.717, 1.165) is 27.7 Å². The molecule has 0 bridgehead atoms. The van der Waals surface area contributed by atoms with Crippen LogP contribution < -0.4 is 5.01 Å². The molecule has 0 aliphatic carbocycles. The number of thiazole rings is 1. The molecule has 30 heavy (non-hydrogen) atoms. The maximum Gasteiger partial charge on any atom is 0.324 e. The van der Waals surface area contributed by atoms with Crippen molar-refractivity contribution in [1.82, 2.24) is 4.98 Å². The number of halogens is 2. The van der Waals surface area contributed by atoms with Crippen LogP contribution in [-0.2, 0) is 0 Å². The number of hydrazone groups is 1. The smallest absolute Gasteiger partial charge is 0.267 e. The van der Waals surface area contributed by atoms with Gasteiger partial charge in [-0.2, -0.15) is 10.1 Å². The molecule has 0 atom stereocenters. The zero-order valence-electron chi connectivity index (χ0n) is 14.9. The molecule has 0 unspecified atom stereocenters. The van der Waals surface area contributed by atoms with Crippen molar-refractivity contribution in [2.75, 3.05) is 5.01 Å². The lowest BCUT2D eigenvalue weighted by Gasteiger charge is -2.13. The van der Waals surface area contributed by atoms with E-state index in [1.54, 1.807) is 18.2 Å². The molecule has 2 aromatic heterocycles. The Morgan fingerprint density at radius 1 is 1.20 bits per heavy atom. The highest BCUT2D eigenvalue weighted by atomic mass is 35.5. The van der Waals surface area contributed by atoms with Crippen molar-refractivity contribution < 1.29 is 14.1 Å². The van der Waals surface area contributed by atoms with Gasteiger partial charge in [0.25, 0.3) is 5.91 Å². The highest BCUT2D eigenvalue weighted by molar-refractivity contribution is 7.22. The predicted octanol–water partition coefficient (Wildman–Crippen LogP) is 5.74. The van der Waals surface area contributed by atoms with Crippen molar-refractivity contribution in [3.63, 3.8) is 0 Å². The van der Waals surface area contributed by atoms with Gasteiger partial charge in [-0.25, -0.2) is 9.37 Å². The summed E-state index contributed by atoms with van der Waals surface area (Å²) in [5, 5.41) is 16.7. The Hall–Kier alpha value is -3.21. The molecule has 150 valence electrons. The molecule has 11 heteroatoms. The minimum atomic E-state index is -0.501. The van der Waals surface area contributed by atoms with E-state index in [9.17, 15) is 19.3 Å². The number of anilines is 1. The lowest BCUT2D eigenvalue weighted by molar-refractivity contribution is -0.380. The Bertz CT molecular complexity index is 1300. The van der Waals surface area contributed by atoms with Gasteiger partial charge in [-0.3, -0.25) is 14.9 Å². The standard InChI is InChI=1S/C19H10ClFN4O3S2/c20-12-3-1-2-11(8-12)18(26)24(22-10-14-5-7-17(29-14)25(27)28)19-23-15-6-4-13(21)9-16(15)30-19/h1-10H/b22-10+. The van der Waals surface area contributed by atoms with Crippen LogP contribution in [0.5, 0.6) is 0 Å². The van der Waals surface area contributed by atoms with E-state index in [1.165, 1.54) is 42.6 Å². The van der Waals surface area contributed by atoms with Gasteiger partial charge in [0.1, 0.15) is 5.82 Å². The number of nitro groups is 1. The molecule has 0 fully saturated rings. The van der Waals surface area contributed by atoms with Gasteiger partial charge in [-0.05, 0) is 42.5 Å². The average molecular weight is 461 g/mol. The largest absolute Gasteiger partial charge is 0.324 e. The quantitative estimate of drug-likeness (QED) is 0.216. The molecule has 0 aliphatic heterocycles. The Kier molecular flexibility index (Phi) is 5.53. The maximum atomic E-state index is 13.6. The summed E-state index contributed by atoms with van der Waals surface area (Å²) in [5.74, 6) is -0.917. The second kappa shape index (κ2) is 8.27. The van der Waals surface area contributed by atoms with Crippen molar-refractivity contribution in [1.29, 1.82) is 0 Å². The van der Waals surface area contributed by atoms with Crippen LogP contribution in [0, 0.1) is 15.9 Å². The molecule has 0 saturated heterocycles. The average Bonchev–Trinajstić information content (AvgIpc) is 3.35. The summed E-state index contributed by atoms with van der Waals surface area (Å²) in [5.41, 5.74) is 0.796. The van der Waals surface area contributed by atoms with Crippen LogP contribution in [0.2, 0.25) is 5.02 Å². The second-order valence-electron chi connectivity index (χ2n) is 5.91. The SMILES string of the molecule is O=C(c1cccc(Cl)c1)N(/N=C/c1ccc([N+](=O)[O-])s1)c1nc2ccc(F)cc2s1. The molecular formula is C19H10ClFN4O3S2. The molecule has 1 amide bonds. The minimum Gasteiger partial charge on any atom is -0.267 e. The Balaban J connectivity index is 1.75. The fraction of sp³-hybridized carbons (Fsp3) is 0. The number of fused-ring (bicyclic) bond motifs is 1. The number of carbonyl (C=O) groups is 1. The van der Waals surface area contributed by atoms with E-state index in [0.29, 0.717) is 20.1 Å². The summed E-state index contributed by atoms with van der Waals surface area (Å²) in [6, 6.07) is 13.4. The van der Waals surface area contributed by atoms with Gasteiger partial charge < -0.3 is 0 Å². The summed E-state index contributed by atoms with van der Waals surface area (Å²) in [6.07, 6.45) is 1.34. The van der Waals surface area contributed by atoms with E-state index in [2.05, 4.69) is 10.1 Å². The van der Waals surface area contributed by atoms with Crippen molar-refractivity contribution in [3.05, 3.63) is 86.0 Å². The Morgan fingerprint density at radius 2 is 2.03 bits per heavy atom. The third-order valence-corrected chi connectivity index (χ3v) is 6.08. The van der Waals surface area contributed by atoms with Crippen molar-refractivity contribution >= 4 is 66.7 Å². The lowest BCUT2D eigenvalue weighted by Crippen LogP contribution is -2.25. The number of aromatic nitrogens is 1. The summed E-state index contributed by atoms with van der Waals surface area (Å²) < 4.78 is 14.1. The van der Waals surface area contributed by atoms with E-state index >= 15 is 0 Å². The fourth-order valence-electron chi connectivity index (χ4n) is 2.53. The summed E-state index contributed by atoms with van der Waals surface area (Å²) in [7, 11) is 0. The highest BCUT2D eigenvalue weighted by Crippen LogP contribution is 2.31. The fourth-order valence-corrected chi connectivity index (χ4v) is 4.36. The number of rotatable bonds is 5. The van der Waals surface area contributed by atoms with Crippen LogP contribution in [0.15, 0.2) is 59.7 Å². The molecule has 4 aromatic rings. The van der Waals surface area contributed by atoms with Crippen LogP contribution in [0.1, 0.15) is 15.2 Å². The van der Waals surface area contributed by atoms with Gasteiger partial charge in [0.2, 0.25) is 5.13 Å². The van der Waals surface area contributed by atoms with Crippen LogP contribution >= 0.6 is 34.3 Å². The second-order valence-corrected chi connectivity index (χ2v) is 8.45. The van der Waals surface area contributed by atoms with Gasteiger partial charge in [0.05, 0.1) is 26.2 Å². The zero-order valence-corrected chi connectivity index (χ0v) is 17.2. The number of amides is 1. The van der Waals surface area contributed by atoms with E-state index in [4.69, 9.17) is 11.6 Å². The molecule has 0 radical (unpaired) electrons.